The van der Waals surface area contributed by atoms with Crippen molar-refractivity contribution in [3.05, 3.63) is 71.6 Å². The normalized spacial score (nSPS) is 10.5. The minimum atomic E-state index is -0.743. The molecule has 0 saturated heterocycles. The Labute approximate surface area is 138 Å². The predicted molar refractivity (Wildman–Crippen MR) is 85.3 cm³/mol. The molecule has 1 aromatic heterocycles. The highest BCUT2D eigenvalue weighted by Crippen LogP contribution is 2.14. The van der Waals surface area contributed by atoms with E-state index in [0.29, 0.717) is 5.69 Å². The Morgan fingerprint density at radius 2 is 1.96 bits per heavy atom. The fourth-order valence-electron chi connectivity index (χ4n) is 2.07. The zero-order valence-electron chi connectivity index (χ0n) is 12.8. The topological polar surface area (TPSA) is 57.0 Å². The molecule has 0 bridgehead atoms. The van der Waals surface area contributed by atoms with E-state index in [4.69, 9.17) is 5.26 Å². The number of carbonyl (C=O) groups excluding carboxylic acids is 1. The predicted octanol–water partition coefficient (Wildman–Crippen LogP) is 3.32. The van der Waals surface area contributed by atoms with Crippen molar-refractivity contribution in [2.45, 2.75) is 13.0 Å². The molecular weight excluding hydrogens is 312 g/mol. The van der Waals surface area contributed by atoms with Gasteiger partial charge in [0.15, 0.2) is 0 Å². The first-order chi connectivity index (χ1) is 11.6. The summed E-state index contributed by atoms with van der Waals surface area (Å²) < 4.78 is 27.2. The maximum Gasteiger partial charge on any atom is 0.246 e. The van der Waals surface area contributed by atoms with E-state index in [0.717, 1.165) is 24.3 Å². The summed E-state index contributed by atoms with van der Waals surface area (Å²) in [5, 5.41) is 8.72. The molecule has 0 spiro atoms. The Kier molecular flexibility index (Phi) is 6.15. The van der Waals surface area contributed by atoms with Crippen LogP contribution in [0.15, 0.2) is 48.7 Å². The lowest BCUT2D eigenvalue weighted by Crippen LogP contribution is -2.30. The molecule has 2 aromatic rings. The average Bonchev–Trinajstić information content (AvgIpc) is 2.59. The van der Waals surface area contributed by atoms with Crippen molar-refractivity contribution in [1.29, 1.82) is 5.26 Å². The van der Waals surface area contributed by atoms with Crippen LogP contribution in [0.1, 0.15) is 17.7 Å². The number of nitrogens with zero attached hydrogens (tertiary/aromatic N) is 3. The molecule has 0 aliphatic heterocycles. The molecule has 0 atom stereocenters. The fourth-order valence-corrected chi connectivity index (χ4v) is 2.07. The number of aromatic nitrogens is 1. The zero-order valence-corrected chi connectivity index (χ0v) is 12.8. The summed E-state index contributed by atoms with van der Waals surface area (Å²) in [5.74, 6) is -1.93. The number of hydrogen-bond donors (Lipinski definition) is 0. The minimum Gasteiger partial charge on any atom is -0.332 e. The first-order valence-corrected chi connectivity index (χ1v) is 7.29. The van der Waals surface area contributed by atoms with E-state index in [1.54, 1.807) is 24.4 Å². The van der Waals surface area contributed by atoms with E-state index in [2.05, 4.69) is 4.98 Å². The van der Waals surface area contributed by atoms with Crippen LogP contribution in [0, 0.1) is 23.0 Å². The van der Waals surface area contributed by atoms with Gasteiger partial charge in [0.1, 0.15) is 11.6 Å². The summed E-state index contributed by atoms with van der Waals surface area (Å²) in [6.07, 6.45) is 3.96. The molecule has 1 heterocycles. The van der Waals surface area contributed by atoms with Crippen LogP contribution in [0.25, 0.3) is 6.08 Å². The molecule has 1 aromatic carbocycles. The molecule has 1 amide bonds. The highest BCUT2D eigenvalue weighted by Gasteiger charge is 2.13. The summed E-state index contributed by atoms with van der Waals surface area (Å²) in [6.45, 7) is 0.418. The van der Waals surface area contributed by atoms with E-state index in [1.165, 1.54) is 11.0 Å². The molecule has 122 valence electrons. The third-order valence-electron chi connectivity index (χ3n) is 3.28. The first kappa shape index (κ1) is 17.3. The van der Waals surface area contributed by atoms with Crippen molar-refractivity contribution >= 4 is 12.0 Å². The molecule has 6 heteroatoms. The average molecular weight is 327 g/mol. The van der Waals surface area contributed by atoms with Crippen molar-refractivity contribution < 1.29 is 13.6 Å². The van der Waals surface area contributed by atoms with Gasteiger partial charge in [-0.25, -0.2) is 8.78 Å². The second-order valence-electron chi connectivity index (χ2n) is 4.96. The summed E-state index contributed by atoms with van der Waals surface area (Å²) in [5.41, 5.74) is 0.387. The summed E-state index contributed by atoms with van der Waals surface area (Å²) in [7, 11) is 0. The number of halogens is 2. The second-order valence-corrected chi connectivity index (χ2v) is 4.96. The van der Waals surface area contributed by atoms with Crippen LogP contribution in [0.4, 0.5) is 8.78 Å². The maximum atomic E-state index is 13.6. The lowest BCUT2D eigenvalue weighted by Gasteiger charge is -2.19. The van der Waals surface area contributed by atoms with Crippen LogP contribution in [0.2, 0.25) is 0 Å². The molecule has 0 radical (unpaired) electrons. The number of benzene rings is 1. The Balaban J connectivity index is 2.15. The lowest BCUT2D eigenvalue weighted by molar-refractivity contribution is -0.126. The molecule has 4 nitrogen and oxygen atoms in total. The third kappa shape index (κ3) is 4.71. The minimum absolute atomic E-state index is 0.153. The smallest absolute Gasteiger partial charge is 0.246 e. The quantitative estimate of drug-likeness (QED) is 0.765. The van der Waals surface area contributed by atoms with Gasteiger partial charge in [-0.2, -0.15) is 5.26 Å². The van der Waals surface area contributed by atoms with Crippen LogP contribution in [0.5, 0.6) is 0 Å². The largest absolute Gasteiger partial charge is 0.332 e. The van der Waals surface area contributed by atoms with Crippen LogP contribution < -0.4 is 0 Å². The Morgan fingerprint density at radius 3 is 2.58 bits per heavy atom. The molecule has 0 saturated carbocycles. The van der Waals surface area contributed by atoms with Crippen molar-refractivity contribution in [3.8, 4) is 6.07 Å². The number of amides is 1. The molecular formula is C18H15F2N3O. The molecule has 0 fully saturated rings. The molecule has 0 aliphatic rings. The van der Waals surface area contributed by atoms with Gasteiger partial charge in [-0.15, -0.1) is 0 Å². The molecule has 24 heavy (non-hydrogen) atoms. The zero-order chi connectivity index (χ0) is 17.4. The van der Waals surface area contributed by atoms with E-state index >= 15 is 0 Å². The number of carbonyl (C=O) groups is 1. The highest BCUT2D eigenvalue weighted by molar-refractivity contribution is 5.91. The summed E-state index contributed by atoms with van der Waals surface area (Å²) >= 11 is 0. The Morgan fingerprint density at radius 1 is 1.21 bits per heavy atom. The molecule has 0 aliphatic carbocycles. The van der Waals surface area contributed by atoms with Gasteiger partial charge >= 0.3 is 0 Å². The third-order valence-corrected chi connectivity index (χ3v) is 3.28. The Bertz CT molecular complexity index is 749. The molecule has 0 N–H and O–H groups in total. The van der Waals surface area contributed by atoms with Gasteiger partial charge in [-0.05, 0) is 30.3 Å². The lowest BCUT2D eigenvalue weighted by atomic mass is 10.2. The monoisotopic (exact) mass is 327 g/mol. The van der Waals surface area contributed by atoms with E-state index in [-0.39, 0.29) is 25.1 Å². The number of nitriles is 1. The summed E-state index contributed by atoms with van der Waals surface area (Å²) in [6, 6.07) is 10.8. The van der Waals surface area contributed by atoms with Crippen molar-refractivity contribution in [2.75, 3.05) is 6.54 Å². The van der Waals surface area contributed by atoms with Crippen molar-refractivity contribution in [1.82, 2.24) is 9.88 Å². The number of pyridine rings is 1. The van der Waals surface area contributed by atoms with E-state index in [9.17, 15) is 13.6 Å². The SMILES string of the molecule is N#CCCN(Cc1ccccn1)C(=O)/C=C/c1c(F)cccc1F. The molecule has 2 rings (SSSR count). The second kappa shape index (κ2) is 8.53. The highest BCUT2D eigenvalue weighted by atomic mass is 19.1. The van der Waals surface area contributed by atoms with Gasteiger partial charge in [0.2, 0.25) is 5.91 Å². The van der Waals surface area contributed by atoms with Crippen LogP contribution >= 0.6 is 0 Å². The van der Waals surface area contributed by atoms with Gasteiger partial charge in [-0.1, -0.05) is 12.1 Å². The number of hydrogen-bond acceptors (Lipinski definition) is 3. The van der Waals surface area contributed by atoms with E-state index < -0.39 is 17.5 Å². The maximum absolute atomic E-state index is 13.6. The van der Waals surface area contributed by atoms with Crippen LogP contribution in [-0.4, -0.2) is 22.3 Å². The van der Waals surface area contributed by atoms with Gasteiger partial charge in [0.25, 0.3) is 0 Å². The molecule has 0 unspecified atom stereocenters. The van der Waals surface area contributed by atoms with Gasteiger partial charge in [-0.3, -0.25) is 9.78 Å². The van der Waals surface area contributed by atoms with Crippen LogP contribution in [-0.2, 0) is 11.3 Å². The van der Waals surface area contributed by atoms with Gasteiger partial charge < -0.3 is 4.90 Å². The van der Waals surface area contributed by atoms with Crippen LogP contribution in [0.3, 0.4) is 0 Å². The van der Waals surface area contributed by atoms with Gasteiger partial charge in [0, 0.05) is 24.4 Å². The standard InChI is InChI=1S/C18H15F2N3O/c19-16-6-3-7-17(20)15(16)8-9-18(24)23(12-4-10-21)13-14-5-1-2-11-22-14/h1-3,5-9,11H,4,12-13H2/b9-8+. The first-order valence-electron chi connectivity index (χ1n) is 7.29. The number of rotatable bonds is 6. The van der Waals surface area contributed by atoms with E-state index in [1.807, 2.05) is 6.07 Å². The summed E-state index contributed by atoms with van der Waals surface area (Å²) in [4.78, 5) is 17.8. The van der Waals surface area contributed by atoms with Gasteiger partial charge in [0.05, 0.1) is 24.7 Å². The Hall–Kier alpha value is -3.07. The van der Waals surface area contributed by atoms with Crippen molar-refractivity contribution in [3.63, 3.8) is 0 Å². The van der Waals surface area contributed by atoms with Crippen molar-refractivity contribution in [2.24, 2.45) is 0 Å². The fraction of sp³-hybridized carbons (Fsp3) is 0.167.